The maximum Gasteiger partial charge on any atom is 0.513 e. The number of hydrogen-bond acceptors (Lipinski definition) is 6. The highest BCUT2D eigenvalue weighted by Crippen LogP contribution is 2.46. The van der Waals surface area contributed by atoms with Crippen LogP contribution < -0.4 is 14.1 Å². The molecule has 0 aliphatic rings. The number of rotatable bonds is 10. The number of nitro benzene ring substituents is 1. The highest BCUT2D eigenvalue weighted by Gasteiger charge is 2.35. The molecule has 0 bridgehead atoms. The number of non-ortho nitro benzene ring substituents is 1. The first-order valence-corrected chi connectivity index (χ1v) is 12.6. The van der Waals surface area contributed by atoms with Gasteiger partial charge >= 0.3 is 13.7 Å². The van der Waals surface area contributed by atoms with E-state index in [4.69, 9.17) is 9.05 Å². The number of nitro groups is 1. The number of fused-ring (bicyclic) bond motifs is 1. The number of H-pyrrole nitrogens is 1. The number of aromatic nitrogens is 1. The molecule has 0 radical (unpaired) electrons. The molecule has 0 fully saturated rings. The Balaban J connectivity index is 1.63. The number of carbonyl (C=O) groups is 1. The fraction of sp³-hybridized carbons (Fsp3) is 0.0870. The van der Waals surface area contributed by atoms with Gasteiger partial charge in [-0.15, -0.1) is 0 Å². The second-order valence-electron chi connectivity index (χ2n) is 7.47. The van der Waals surface area contributed by atoms with Gasteiger partial charge in [0.1, 0.15) is 17.5 Å². The van der Waals surface area contributed by atoms with Crippen LogP contribution in [0.2, 0.25) is 0 Å². The molecule has 1 heterocycles. The topological polar surface area (TPSA) is 144 Å². The summed E-state index contributed by atoms with van der Waals surface area (Å²) in [4.78, 5) is 25.6. The predicted octanol–water partition coefficient (Wildman–Crippen LogP) is 5.69. The molecule has 4 rings (SSSR count). The molecular formula is C23H19BrN3O7P. The van der Waals surface area contributed by atoms with Crippen LogP contribution in [-0.4, -0.2) is 27.0 Å². The molecule has 0 saturated heterocycles. The molecule has 0 saturated carbocycles. The average Bonchev–Trinajstić information content (AvgIpc) is 3.23. The second-order valence-corrected chi connectivity index (χ2v) is 10.0. The lowest BCUT2D eigenvalue weighted by atomic mass is 10.1. The summed E-state index contributed by atoms with van der Waals surface area (Å²) in [5, 5.41) is 24.2. The Morgan fingerprint density at radius 2 is 1.66 bits per heavy atom. The summed E-state index contributed by atoms with van der Waals surface area (Å²) in [6.07, 6.45) is 1.68. The standard InChI is InChI=1S/C23H19BrN3O7P/c24-16-5-9-18(10-6-16)33-35(32,34-19-11-7-17(8-12-19)27(30)31)26-22(23(28)29)13-15-14-25-21-4-2-1-3-20(15)21/h1-12,14,22,25H,13H2,(H,26,32)(H,28,29). The Labute approximate surface area is 207 Å². The molecule has 0 aliphatic heterocycles. The van der Waals surface area contributed by atoms with Crippen molar-refractivity contribution in [2.24, 2.45) is 0 Å². The zero-order valence-electron chi connectivity index (χ0n) is 18.0. The third-order valence-electron chi connectivity index (χ3n) is 5.02. The second kappa shape index (κ2) is 10.3. The molecule has 1 aromatic heterocycles. The van der Waals surface area contributed by atoms with Crippen LogP contribution in [0.25, 0.3) is 10.9 Å². The molecule has 10 nitrogen and oxygen atoms in total. The summed E-state index contributed by atoms with van der Waals surface area (Å²) in [6, 6.07) is 17.3. The number of carboxylic acid groups (broad SMARTS) is 1. The van der Waals surface area contributed by atoms with Crippen molar-refractivity contribution in [2.45, 2.75) is 12.5 Å². The van der Waals surface area contributed by atoms with Crippen LogP contribution in [0.1, 0.15) is 5.56 Å². The summed E-state index contributed by atoms with van der Waals surface area (Å²) < 4.78 is 25.7. The number of nitrogens with one attached hydrogen (secondary N) is 2. The minimum absolute atomic E-state index is 0.000206. The van der Waals surface area contributed by atoms with Crippen LogP contribution in [0.5, 0.6) is 11.5 Å². The van der Waals surface area contributed by atoms with E-state index < -0.39 is 24.7 Å². The van der Waals surface area contributed by atoms with Gasteiger partial charge in [-0.1, -0.05) is 34.1 Å². The maximum absolute atomic E-state index is 13.8. The van der Waals surface area contributed by atoms with Crippen molar-refractivity contribution >= 4 is 46.2 Å². The molecule has 3 N–H and O–H groups in total. The molecule has 180 valence electrons. The van der Waals surface area contributed by atoms with E-state index >= 15 is 0 Å². The first-order valence-electron chi connectivity index (χ1n) is 10.3. The quantitative estimate of drug-likeness (QED) is 0.128. The van der Waals surface area contributed by atoms with Gasteiger partial charge in [-0.3, -0.25) is 14.9 Å². The summed E-state index contributed by atoms with van der Waals surface area (Å²) >= 11 is 3.30. The minimum atomic E-state index is -4.33. The smallest absolute Gasteiger partial charge is 0.480 e. The van der Waals surface area contributed by atoms with Gasteiger partial charge in [0.15, 0.2) is 0 Å². The van der Waals surface area contributed by atoms with Crippen LogP contribution in [0.15, 0.2) is 83.5 Å². The molecule has 35 heavy (non-hydrogen) atoms. The normalized spacial score (nSPS) is 13.6. The molecule has 3 aromatic carbocycles. The SMILES string of the molecule is O=C(O)C(Cc1c[nH]c2ccccc12)NP(=O)(Oc1ccc(Br)cc1)Oc1ccc([N+](=O)[O-])cc1. The van der Waals surface area contributed by atoms with E-state index in [1.165, 1.54) is 36.4 Å². The Hall–Kier alpha value is -3.66. The Kier molecular flexibility index (Phi) is 7.20. The first-order chi connectivity index (χ1) is 16.7. The largest absolute Gasteiger partial charge is 0.513 e. The number of aromatic amines is 1. The third kappa shape index (κ3) is 6.07. The van der Waals surface area contributed by atoms with Crippen molar-refractivity contribution in [3.05, 3.63) is 99.1 Å². The molecule has 0 amide bonds. The van der Waals surface area contributed by atoms with Gasteiger partial charge < -0.3 is 19.1 Å². The average molecular weight is 560 g/mol. The van der Waals surface area contributed by atoms with Crippen LogP contribution in [0.4, 0.5) is 5.69 Å². The lowest BCUT2D eigenvalue weighted by Crippen LogP contribution is -2.38. The molecule has 0 spiro atoms. The summed E-state index contributed by atoms with van der Waals surface area (Å²) in [7, 11) is -4.33. The number of hydrogen-bond donors (Lipinski definition) is 3. The van der Waals surface area contributed by atoms with Crippen LogP contribution in [0.3, 0.4) is 0 Å². The van der Waals surface area contributed by atoms with Gasteiger partial charge in [0.2, 0.25) is 0 Å². The molecule has 4 aromatic rings. The van der Waals surface area contributed by atoms with E-state index in [0.29, 0.717) is 5.56 Å². The fourth-order valence-corrected chi connectivity index (χ4v) is 5.16. The van der Waals surface area contributed by atoms with Crippen LogP contribution >= 0.6 is 23.7 Å². The number of aliphatic carboxylic acids is 1. The first kappa shape index (κ1) is 24.5. The minimum Gasteiger partial charge on any atom is -0.480 e. The number of carboxylic acids is 1. The monoisotopic (exact) mass is 559 g/mol. The molecular weight excluding hydrogens is 541 g/mol. The van der Waals surface area contributed by atoms with Gasteiger partial charge in [-0.25, -0.2) is 4.57 Å². The Morgan fingerprint density at radius 3 is 2.26 bits per heavy atom. The number of benzene rings is 3. The van der Waals surface area contributed by atoms with Gasteiger partial charge in [-0.05, 0) is 48.0 Å². The zero-order valence-corrected chi connectivity index (χ0v) is 20.4. The van der Waals surface area contributed by atoms with E-state index in [1.54, 1.807) is 18.3 Å². The van der Waals surface area contributed by atoms with E-state index in [0.717, 1.165) is 15.4 Å². The molecule has 2 atom stereocenters. The van der Waals surface area contributed by atoms with Crippen molar-refractivity contribution in [3.63, 3.8) is 0 Å². The third-order valence-corrected chi connectivity index (χ3v) is 7.08. The summed E-state index contributed by atoms with van der Waals surface area (Å²) in [5.41, 5.74) is 1.35. The predicted molar refractivity (Wildman–Crippen MR) is 133 cm³/mol. The van der Waals surface area contributed by atoms with Crippen molar-refractivity contribution < 1.29 is 28.4 Å². The van der Waals surface area contributed by atoms with E-state index in [-0.39, 0.29) is 23.6 Å². The van der Waals surface area contributed by atoms with Gasteiger partial charge in [-0.2, -0.15) is 5.09 Å². The molecule has 0 aliphatic carbocycles. The fourth-order valence-electron chi connectivity index (χ4n) is 3.37. The van der Waals surface area contributed by atoms with Gasteiger partial charge in [0.25, 0.3) is 5.69 Å². The molecule has 2 unspecified atom stereocenters. The van der Waals surface area contributed by atoms with Crippen LogP contribution in [0, 0.1) is 10.1 Å². The number of halogens is 1. The van der Waals surface area contributed by atoms with Crippen LogP contribution in [-0.2, 0) is 15.8 Å². The van der Waals surface area contributed by atoms with Crippen molar-refractivity contribution in [3.8, 4) is 11.5 Å². The Bertz CT molecular complexity index is 1410. The highest BCUT2D eigenvalue weighted by molar-refractivity contribution is 9.10. The maximum atomic E-state index is 13.8. The van der Waals surface area contributed by atoms with E-state index in [9.17, 15) is 24.6 Å². The molecule has 12 heteroatoms. The lowest BCUT2D eigenvalue weighted by molar-refractivity contribution is -0.384. The number of para-hydroxylation sites is 1. The summed E-state index contributed by atoms with van der Waals surface area (Å²) in [6.45, 7) is 0. The lowest BCUT2D eigenvalue weighted by Gasteiger charge is -2.23. The van der Waals surface area contributed by atoms with E-state index in [2.05, 4.69) is 26.0 Å². The van der Waals surface area contributed by atoms with E-state index in [1.807, 2.05) is 24.3 Å². The van der Waals surface area contributed by atoms with Gasteiger partial charge in [0, 0.05) is 40.1 Å². The Morgan fingerprint density at radius 1 is 1.06 bits per heavy atom. The van der Waals surface area contributed by atoms with Crippen molar-refractivity contribution in [2.75, 3.05) is 0 Å². The number of nitrogens with zero attached hydrogens (tertiary/aromatic N) is 1. The highest BCUT2D eigenvalue weighted by atomic mass is 79.9. The summed E-state index contributed by atoms with van der Waals surface area (Å²) in [5.74, 6) is -1.09. The van der Waals surface area contributed by atoms with Crippen molar-refractivity contribution in [1.29, 1.82) is 0 Å². The van der Waals surface area contributed by atoms with Crippen molar-refractivity contribution in [1.82, 2.24) is 10.1 Å². The zero-order chi connectivity index (χ0) is 25.0. The van der Waals surface area contributed by atoms with Gasteiger partial charge in [0.05, 0.1) is 4.92 Å².